The molecule has 16 heavy (non-hydrogen) atoms. The highest BCUT2D eigenvalue weighted by atomic mass is 16.6. The zero-order valence-corrected chi connectivity index (χ0v) is 9.11. The molecule has 0 aromatic heterocycles. The molecule has 2 aliphatic heterocycles. The highest BCUT2D eigenvalue weighted by Crippen LogP contribution is 2.28. The molecule has 2 aliphatic rings. The lowest BCUT2D eigenvalue weighted by atomic mass is 10.0. The van der Waals surface area contributed by atoms with Gasteiger partial charge in [0, 0.05) is 6.54 Å². The molecule has 1 amide bonds. The van der Waals surface area contributed by atoms with Crippen molar-refractivity contribution >= 4 is 6.09 Å². The molecule has 2 saturated heterocycles. The molecule has 0 atom stereocenters. The van der Waals surface area contributed by atoms with Gasteiger partial charge in [0.2, 0.25) is 0 Å². The SMILES string of the molecule is C=CCNC(=O)OCC12COCN1COC2. The number of ether oxygens (including phenoxy) is 3. The maximum absolute atomic E-state index is 11.3. The summed E-state index contributed by atoms with van der Waals surface area (Å²) in [5, 5.41) is 2.55. The van der Waals surface area contributed by atoms with Crippen molar-refractivity contribution < 1.29 is 19.0 Å². The molecule has 0 unspecified atom stereocenters. The topological polar surface area (TPSA) is 60.0 Å². The van der Waals surface area contributed by atoms with Crippen LogP contribution in [-0.2, 0) is 14.2 Å². The third-order valence-corrected chi connectivity index (χ3v) is 2.77. The Bertz CT molecular complexity index is 272. The number of alkyl carbamates (subject to hydrolysis) is 1. The van der Waals surface area contributed by atoms with E-state index in [9.17, 15) is 4.79 Å². The number of hydrogen-bond acceptors (Lipinski definition) is 5. The average Bonchev–Trinajstić information content (AvgIpc) is 2.82. The lowest BCUT2D eigenvalue weighted by Crippen LogP contribution is -2.48. The van der Waals surface area contributed by atoms with E-state index in [1.54, 1.807) is 6.08 Å². The molecule has 2 rings (SSSR count). The van der Waals surface area contributed by atoms with Crippen molar-refractivity contribution in [2.24, 2.45) is 0 Å². The van der Waals surface area contributed by atoms with Gasteiger partial charge in [0.25, 0.3) is 0 Å². The smallest absolute Gasteiger partial charge is 0.407 e. The van der Waals surface area contributed by atoms with Crippen LogP contribution in [0.3, 0.4) is 0 Å². The van der Waals surface area contributed by atoms with Gasteiger partial charge in [0.15, 0.2) is 0 Å². The summed E-state index contributed by atoms with van der Waals surface area (Å²) in [7, 11) is 0. The predicted molar refractivity (Wildman–Crippen MR) is 55.8 cm³/mol. The Morgan fingerprint density at radius 2 is 2.19 bits per heavy atom. The second-order valence-electron chi connectivity index (χ2n) is 3.97. The number of rotatable bonds is 4. The second-order valence-corrected chi connectivity index (χ2v) is 3.97. The third-order valence-electron chi connectivity index (χ3n) is 2.77. The van der Waals surface area contributed by atoms with Gasteiger partial charge in [0.1, 0.15) is 25.6 Å². The van der Waals surface area contributed by atoms with Crippen LogP contribution in [0.15, 0.2) is 12.7 Å². The summed E-state index contributed by atoms with van der Waals surface area (Å²) < 4.78 is 15.8. The standard InChI is InChI=1S/C10H16N2O4/c1-2-3-11-9(13)16-6-10-4-14-7-12(10)8-15-5-10/h2H,1,3-8H2,(H,11,13). The molecule has 0 bridgehead atoms. The van der Waals surface area contributed by atoms with Crippen LogP contribution in [0.5, 0.6) is 0 Å². The Morgan fingerprint density at radius 3 is 2.81 bits per heavy atom. The summed E-state index contributed by atoms with van der Waals surface area (Å²) in [5.74, 6) is 0. The Labute approximate surface area is 94.1 Å². The third kappa shape index (κ3) is 2.18. The van der Waals surface area contributed by atoms with Crippen molar-refractivity contribution in [2.75, 3.05) is 39.8 Å². The number of hydrogen-bond donors (Lipinski definition) is 1. The summed E-state index contributed by atoms with van der Waals surface area (Å²) in [6, 6.07) is 0. The molecule has 6 nitrogen and oxygen atoms in total. The van der Waals surface area contributed by atoms with E-state index in [1.165, 1.54) is 0 Å². The van der Waals surface area contributed by atoms with Crippen molar-refractivity contribution in [1.29, 1.82) is 0 Å². The fourth-order valence-corrected chi connectivity index (χ4v) is 1.81. The van der Waals surface area contributed by atoms with Crippen LogP contribution in [-0.4, -0.2) is 56.4 Å². The van der Waals surface area contributed by atoms with Gasteiger partial charge in [-0.05, 0) is 0 Å². The van der Waals surface area contributed by atoms with Gasteiger partial charge in [-0.3, -0.25) is 0 Å². The molecule has 0 aromatic carbocycles. The van der Waals surface area contributed by atoms with Crippen molar-refractivity contribution in [2.45, 2.75) is 5.54 Å². The minimum atomic E-state index is -0.437. The summed E-state index contributed by atoms with van der Waals surface area (Å²) in [6.45, 7) is 6.36. The first-order chi connectivity index (χ1) is 7.77. The van der Waals surface area contributed by atoms with Gasteiger partial charge in [-0.1, -0.05) is 6.08 Å². The molecule has 1 N–H and O–H groups in total. The average molecular weight is 228 g/mol. The number of carbonyl (C=O) groups excluding carboxylic acids is 1. The number of carbonyl (C=O) groups is 1. The molecule has 90 valence electrons. The van der Waals surface area contributed by atoms with Crippen molar-refractivity contribution in [3.8, 4) is 0 Å². The van der Waals surface area contributed by atoms with Crippen LogP contribution in [0.1, 0.15) is 0 Å². The van der Waals surface area contributed by atoms with Crippen LogP contribution in [0.2, 0.25) is 0 Å². The Kier molecular flexibility index (Phi) is 3.42. The molecule has 2 heterocycles. The maximum atomic E-state index is 11.3. The van der Waals surface area contributed by atoms with Crippen LogP contribution in [0, 0.1) is 0 Å². The fourth-order valence-electron chi connectivity index (χ4n) is 1.81. The minimum Gasteiger partial charge on any atom is -0.447 e. The lowest BCUT2D eigenvalue weighted by Gasteiger charge is -2.26. The summed E-state index contributed by atoms with van der Waals surface area (Å²) in [5.41, 5.74) is -0.286. The zero-order valence-electron chi connectivity index (χ0n) is 9.11. The van der Waals surface area contributed by atoms with Gasteiger partial charge in [0.05, 0.1) is 13.2 Å². The first-order valence-corrected chi connectivity index (χ1v) is 5.19. The van der Waals surface area contributed by atoms with Crippen molar-refractivity contribution in [1.82, 2.24) is 10.2 Å². The Balaban J connectivity index is 1.80. The zero-order chi connectivity index (χ0) is 11.4. The molecular weight excluding hydrogens is 212 g/mol. The largest absolute Gasteiger partial charge is 0.447 e. The molecule has 0 spiro atoms. The van der Waals surface area contributed by atoms with Gasteiger partial charge >= 0.3 is 6.09 Å². The van der Waals surface area contributed by atoms with E-state index < -0.39 is 6.09 Å². The second kappa shape index (κ2) is 4.82. The van der Waals surface area contributed by atoms with E-state index in [2.05, 4.69) is 11.9 Å². The monoisotopic (exact) mass is 228 g/mol. The van der Waals surface area contributed by atoms with Crippen LogP contribution in [0.4, 0.5) is 4.79 Å². The Hall–Kier alpha value is -1.11. The van der Waals surface area contributed by atoms with Crippen molar-refractivity contribution in [3.05, 3.63) is 12.7 Å². The first kappa shape index (κ1) is 11.4. The molecule has 0 aromatic rings. The van der Waals surface area contributed by atoms with Gasteiger partial charge in [-0.25, -0.2) is 9.69 Å². The normalized spacial score (nSPS) is 22.8. The van der Waals surface area contributed by atoms with Crippen LogP contribution in [0.25, 0.3) is 0 Å². The predicted octanol–water partition coefficient (Wildman–Crippen LogP) is -0.0852. The van der Waals surface area contributed by atoms with Crippen LogP contribution < -0.4 is 5.32 Å². The molecule has 6 heteroatoms. The highest BCUT2D eigenvalue weighted by molar-refractivity contribution is 5.67. The van der Waals surface area contributed by atoms with Crippen LogP contribution >= 0.6 is 0 Å². The lowest BCUT2D eigenvalue weighted by molar-refractivity contribution is 0.0687. The Morgan fingerprint density at radius 1 is 1.50 bits per heavy atom. The molecule has 0 aliphatic carbocycles. The van der Waals surface area contributed by atoms with Gasteiger partial charge in [-0.2, -0.15) is 0 Å². The van der Waals surface area contributed by atoms with E-state index in [0.717, 1.165) is 0 Å². The fraction of sp³-hybridized carbons (Fsp3) is 0.700. The van der Waals surface area contributed by atoms with E-state index in [1.807, 2.05) is 4.90 Å². The van der Waals surface area contributed by atoms with Crippen molar-refractivity contribution in [3.63, 3.8) is 0 Å². The summed E-state index contributed by atoms with van der Waals surface area (Å²) in [6.07, 6.45) is 1.16. The molecule has 0 saturated carbocycles. The van der Waals surface area contributed by atoms with E-state index in [4.69, 9.17) is 14.2 Å². The minimum absolute atomic E-state index is 0.286. The van der Waals surface area contributed by atoms with E-state index in [0.29, 0.717) is 33.2 Å². The summed E-state index contributed by atoms with van der Waals surface area (Å²) in [4.78, 5) is 13.3. The number of nitrogens with zero attached hydrogens (tertiary/aromatic N) is 1. The number of amides is 1. The maximum Gasteiger partial charge on any atom is 0.407 e. The highest BCUT2D eigenvalue weighted by Gasteiger charge is 2.47. The van der Waals surface area contributed by atoms with Gasteiger partial charge < -0.3 is 19.5 Å². The van der Waals surface area contributed by atoms with E-state index >= 15 is 0 Å². The first-order valence-electron chi connectivity index (χ1n) is 5.19. The quantitative estimate of drug-likeness (QED) is 0.682. The number of fused-ring (bicyclic) bond motifs is 1. The summed E-state index contributed by atoms with van der Waals surface area (Å²) >= 11 is 0. The molecular formula is C10H16N2O4. The van der Waals surface area contributed by atoms with E-state index in [-0.39, 0.29) is 12.1 Å². The molecule has 2 fully saturated rings. The number of nitrogens with one attached hydrogen (secondary N) is 1. The van der Waals surface area contributed by atoms with Gasteiger partial charge in [-0.15, -0.1) is 6.58 Å². The molecule has 0 radical (unpaired) electrons.